The van der Waals surface area contributed by atoms with Gasteiger partial charge in [0, 0.05) is 45.5 Å². The van der Waals surface area contributed by atoms with Gasteiger partial charge in [0.2, 0.25) is 5.91 Å². The number of nitrogens with zero attached hydrogens (tertiary/aromatic N) is 3. The lowest BCUT2D eigenvalue weighted by Gasteiger charge is -2.40. The van der Waals surface area contributed by atoms with Gasteiger partial charge in [0.25, 0.3) is 0 Å². The number of amides is 1. The van der Waals surface area contributed by atoms with Crippen molar-refractivity contribution in [1.82, 2.24) is 9.80 Å². The first kappa shape index (κ1) is 18.7. The summed E-state index contributed by atoms with van der Waals surface area (Å²) in [5.74, 6) is -0.209. The van der Waals surface area contributed by atoms with E-state index in [-0.39, 0.29) is 17.8 Å². The van der Waals surface area contributed by atoms with Crippen molar-refractivity contribution in [3.63, 3.8) is 0 Å². The molecule has 1 saturated heterocycles. The average Bonchev–Trinajstić information content (AvgIpc) is 2.53. The summed E-state index contributed by atoms with van der Waals surface area (Å²) in [4.78, 5) is 18.5. The van der Waals surface area contributed by atoms with Crippen LogP contribution < -0.4 is 4.90 Å². The number of likely N-dealkylation sites (N-methyl/N-ethyl adjacent to an activating group) is 1. The number of rotatable bonds is 5. The van der Waals surface area contributed by atoms with Gasteiger partial charge < -0.3 is 14.9 Å². The van der Waals surface area contributed by atoms with Crippen LogP contribution in [0.15, 0.2) is 24.3 Å². The van der Waals surface area contributed by atoms with Crippen molar-refractivity contribution < 1.29 is 14.3 Å². The topological polar surface area (TPSA) is 47.0 Å². The second-order valence-corrected chi connectivity index (χ2v) is 7.18. The van der Waals surface area contributed by atoms with Gasteiger partial charge in [-0.2, -0.15) is 0 Å². The highest BCUT2D eigenvalue weighted by atomic mass is 19.1. The number of anilines is 1. The van der Waals surface area contributed by atoms with Gasteiger partial charge in [-0.25, -0.2) is 4.39 Å². The molecule has 1 atom stereocenters. The summed E-state index contributed by atoms with van der Waals surface area (Å²) in [6.07, 6.45) is 0. The van der Waals surface area contributed by atoms with Gasteiger partial charge in [0.05, 0.1) is 11.6 Å². The number of aliphatic hydroxyl groups is 1. The normalized spacial score (nSPS) is 17.7. The highest BCUT2D eigenvalue weighted by Crippen LogP contribution is 2.18. The van der Waals surface area contributed by atoms with E-state index in [4.69, 9.17) is 0 Å². The monoisotopic (exact) mass is 337 g/mol. The number of halogens is 1. The van der Waals surface area contributed by atoms with E-state index >= 15 is 0 Å². The van der Waals surface area contributed by atoms with Crippen LogP contribution in [0.1, 0.15) is 20.8 Å². The van der Waals surface area contributed by atoms with Crippen LogP contribution in [0.25, 0.3) is 0 Å². The predicted octanol–water partition coefficient (Wildman–Crippen LogP) is 1.57. The molecule has 1 aliphatic heterocycles. The van der Waals surface area contributed by atoms with Crippen molar-refractivity contribution >= 4 is 11.6 Å². The highest BCUT2D eigenvalue weighted by molar-refractivity contribution is 5.81. The van der Waals surface area contributed by atoms with E-state index in [1.807, 2.05) is 6.92 Å². The third kappa shape index (κ3) is 4.92. The number of carbonyl (C=O) groups excluding carboxylic acids is 1. The molecule has 0 bridgehead atoms. The number of piperazine rings is 1. The minimum atomic E-state index is -0.897. The van der Waals surface area contributed by atoms with Gasteiger partial charge in [-0.3, -0.25) is 9.69 Å². The molecular formula is C18H28FN3O2. The SMILES string of the molecule is CC(C(=O)N(C)CC(C)(C)O)N1CCN(c2ccc(F)cc2)CC1. The van der Waals surface area contributed by atoms with Crippen LogP contribution in [0, 0.1) is 5.82 Å². The smallest absolute Gasteiger partial charge is 0.239 e. The summed E-state index contributed by atoms with van der Waals surface area (Å²) >= 11 is 0. The lowest BCUT2D eigenvalue weighted by atomic mass is 10.1. The summed E-state index contributed by atoms with van der Waals surface area (Å²) in [6.45, 7) is 8.78. The molecule has 0 aromatic heterocycles. The van der Waals surface area contributed by atoms with Crippen molar-refractivity contribution in [2.24, 2.45) is 0 Å². The summed E-state index contributed by atoms with van der Waals surface area (Å²) < 4.78 is 13.0. The third-order valence-corrected chi connectivity index (χ3v) is 4.41. The lowest BCUT2D eigenvalue weighted by Crippen LogP contribution is -2.55. The molecule has 1 fully saturated rings. The molecular weight excluding hydrogens is 309 g/mol. The number of hydrogen-bond donors (Lipinski definition) is 1. The molecule has 24 heavy (non-hydrogen) atoms. The van der Waals surface area contributed by atoms with Gasteiger partial charge in [0.15, 0.2) is 0 Å². The van der Waals surface area contributed by atoms with Crippen molar-refractivity contribution in [1.29, 1.82) is 0 Å². The van der Waals surface area contributed by atoms with E-state index in [9.17, 15) is 14.3 Å². The fourth-order valence-electron chi connectivity index (χ4n) is 3.15. The highest BCUT2D eigenvalue weighted by Gasteiger charge is 2.29. The van der Waals surface area contributed by atoms with Gasteiger partial charge in [0.1, 0.15) is 5.82 Å². The fourth-order valence-corrected chi connectivity index (χ4v) is 3.15. The van der Waals surface area contributed by atoms with Crippen LogP contribution >= 0.6 is 0 Å². The third-order valence-electron chi connectivity index (χ3n) is 4.41. The first-order valence-corrected chi connectivity index (χ1v) is 8.39. The summed E-state index contributed by atoms with van der Waals surface area (Å²) in [6, 6.07) is 6.31. The van der Waals surface area contributed by atoms with Gasteiger partial charge >= 0.3 is 0 Å². The molecule has 1 amide bonds. The predicted molar refractivity (Wildman–Crippen MR) is 93.6 cm³/mol. The Bertz CT molecular complexity index is 548. The maximum atomic E-state index is 13.0. The van der Waals surface area contributed by atoms with E-state index in [1.165, 1.54) is 12.1 Å². The molecule has 0 aliphatic carbocycles. The van der Waals surface area contributed by atoms with Crippen LogP contribution in [0.4, 0.5) is 10.1 Å². The molecule has 1 heterocycles. The van der Waals surface area contributed by atoms with Crippen LogP contribution in [0.3, 0.4) is 0 Å². The molecule has 1 aromatic rings. The van der Waals surface area contributed by atoms with Crippen LogP contribution in [0.5, 0.6) is 0 Å². The van der Waals surface area contributed by atoms with Gasteiger partial charge in [-0.15, -0.1) is 0 Å². The molecule has 6 heteroatoms. The summed E-state index contributed by atoms with van der Waals surface area (Å²) in [5, 5.41) is 9.87. The Morgan fingerprint density at radius 1 is 1.25 bits per heavy atom. The Hall–Kier alpha value is -1.66. The Balaban J connectivity index is 1.89. The summed E-state index contributed by atoms with van der Waals surface area (Å²) in [7, 11) is 1.73. The molecule has 1 N–H and O–H groups in total. The van der Waals surface area contributed by atoms with Crippen molar-refractivity contribution in [3.8, 4) is 0 Å². The average molecular weight is 337 g/mol. The van der Waals surface area contributed by atoms with Gasteiger partial charge in [-0.05, 0) is 45.0 Å². The second kappa shape index (κ2) is 7.49. The number of benzene rings is 1. The maximum absolute atomic E-state index is 13.0. The van der Waals surface area contributed by atoms with Crippen LogP contribution in [-0.4, -0.2) is 72.2 Å². The summed E-state index contributed by atoms with van der Waals surface area (Å²) in [5.41, 5.74) is 0.111. The molecule has 1 aliphatic rings. The van der Waals surface area contributed by atoms with E-state index in [0.29, 0.717) is 6.54 Å². The molecule has 0 radical (unpaired) electrons. The van der Waals surface area contributed by atoms with Gasteiger partial charge in [-0.1, -0.05) is 0 Å². The molecule has 5 nitrogen and oxygen atoms in total. The standard InChI is InChI=1S/C18H28FN3O2/c1-14(17(23)20(4)13-18(2,3)24)21-9-11-22(12-10-21)16-7-5-15(19)6-8-16/h5-8,14,24H,9-13H2,1-4H3. The minimum Gasteiger partial charge on any atom is -0.389 e. The Labute approximate surface area is 143 Å². The second-order valence-electron chi connectivity index (χ2n) is 7.18. The molecule has 1 aromatic carbocycles. The van der Waals surface area contributed by atoms with Crippen molar-refractivity contribution in [3.05, 3.63) is 30.1 Å². The molecule has 2 rings (SSSR count). The zero-order chi connectivity index (χ0) is 17.9. The number of hydrogen-bond acceptors (Lipinski definition) is 4. The quantitative estimate of drug-likeness (QED) is 0.886. The van der Waals surface area contributed by atoms with Crippen LogP contribution in [-0.2, 0) is 4.79 Å². The fraction of sp³-hybridized carbons (Fsp3) is 0.611. The molecule has 134 valence electrons. The molecule has 0 spiro atoms. The Morgan fingerprint density at radius 3 is 2.29 bits per heavy atom. The maximum Gasteiger partial charge on any atom is 0.239 e. The zero-order valence-corrected chi connectivity index (χ0v) is 15.0. The van der Waals surface area contributed by atoms with Crippen molar-refractivity contribution in [2.75, 3.05) is 44.7 Å². The van der Waals surface area contributed by atoms with Crippen LogP contribution in [0.2, 0.25) is 0 Å². The Kier molecular flexibility index (Phi) is 5.83. The number of carbonyl (C=O) groups is 1. The zero-order valence-electron chi connectivity index (χ0n) is 15.0. The molecule has 1 unspecified atom stereocenters. The van der Waals surface area contributed by atoms with E-state index in [1.54, 1.807) is 37.9 Å². The van der Waals surface area contributed by atoms with E-state index in [0.717, 1.165) is 31.9 Å². The lowest BCUT2D eigenvalue weighted by molar-refractivity contribution is -0.137. The van der Waals surface area contributed by atoms with Crippen molar-refractivity contribution in [2.45, 2.75) is 32.4 Å². The van der Waals surface area contributed by atoms with E-state index < -0.39 is 5.60 Å². The minimum absolute atomic E-state index is 0.0207. The first-order chi connectivity index (χ1) is 11.2. The molecule has 0 saturated carbocycles. The first-order valence-electron chi connectivity index (χ1n) is 8.39. The Morgan fingerprint density at radius 2 is 1.79 bits per heavy atom. The largest absolute Gasteiger partial charge is 0.389 e. The van der Waals surface area contributed by atoms with E-state index in [2.05, 4.69) is 9.80 Å².